The van der Waals surface area contributed by atoms with Crippen LogP contribution in [-0.4, -0.2) is 18.5 Å². The summed E-state index contributed by atoms with van der Waals surface area (Å²) in [4.78, 5) is 24.0. The van der Waals surface area contributed by atoms with Crippen molar-refractivity contribution in [1.29, 1.82) is 0 Å². The summed E-state index contributed by atoms with van der Waals surface area (Å²) < 4.78 is 5.02. The van der Waals surface area contributed by atoms with Crippen molar-refractivity contribution in [2.45, 2.75) is 26.8 Å². The molecule has 1 atom stereocenters. The van der Waals surface area contributed by atoms with Crippen LogP contribution < -0.4 is 11.1 Å². The Morgan fingerprint density at radius 3 is 2.52 bits per heavy atom. The Bertz CT molecular complexity index is 805. The van der Waals surface area contributed by atoms with Gasteiger partial charge in [0.1, 0.15) is 0 Å². The number of esters is 1. The third kappa shape index (κ3) is 4.97. The van der Waals surface area contributed by atoms with E-state index in [0.29, 0.717) is 5.02 Å². The summed E-state index contributed by atoms with van der Waals surface area (Å²) in [5, 5.41) is 3.23. The van der Waals surface area contributed by atoms with Crippen LogP contribution in [0.2, 0.25) is 5.02 Å². The highest BCUT2D eigenvalue weighted by molar-refractivity contribution is 6.31. The van der Waals surface area contributed by atoms with Gasteiger partial charge in [0.05, 0.1) is 11.6 Å². The highest BCUT2D eigenvalue weighted by atomic mass is 35.5. The third-order valence-electron chi connectivity index (χ3n) is 3.98. The number of nitrogens with one attached hydrogen (secondary N) is 1. The van der Waals surface area contributed by atoms with E-state index in [2.05, 4.69) is 5.32 Å². The smallest absolute Gasteiger partial charge is 0.340 e. The highest BCUT2D eigenvalue weighted by Crippen LogP contribution is 2.19. The predicted molar refractivity (Wildman–Crippen MR) is 98.6 cm³/mol. The molecule has 25 heavy (non-hydrogen) atoms. The standard InChI is InChI=1S/C19H21ClN2O3/c1-11-4-5-14(8-12(11)2)13(3)22-18(23)10-25-19(24)16-7-6-15(20)9-17(16)21/h4-9,13H,10,21H2,1-3H3,(H,22,23). The molecule has 2 aromatic carbocycles. The summed E-state index contributed by atoms with van der Waals surface area (Å²) in [5.41, 5.74) is 9.45. The number of halogens is 1. The van der Waals surface area contributed by atoms with Crippen LogP contribution in [0.15, 0.2) is 36.4 Å². The van der Waals surface area contributed by atoms with Gasteiger partial charge < -0.3 is 15.8 Å². The third-order valence-corrected chi connectivity index (χ3v) is 4.21. The maximum Gasteiger partial charge on any atom is 0.340 e. The lowest BCUT2D eigenvalue weighted by molar-refractivity contribution is -0.124. The summed E-state index contributed by atoms with van der Waals surface area (Å²) in [6, 6.07) is 10.3. The van der Waals surface area contributed by atoms with Crippen molar-refractivity contribution in [1.82, 2.24) is 5.32 Å². The van der Waals surface area contributed by atoms with E-state index in [4.69, 9.17) is 22.1 Å². The molecular formula is C19H21ClN2O3. The zero-order chi connectivity index (χ0) is 18.6. The van der Waals surface area contributed by atoms with Crippen LogP contribution in [-0.2, 0) is 9.53 Å². The van der Waals surface area contributed by atoms with Crippen LogP contribution in [0.25, 0.3) is 0 Å². The molecule has 3 N–H and O–H groups in total. The van der Waals surface area contributed by atoms with Gasteiger partial charge in [-0.25, -0.2) is 4.79 Å². The topological polar surface area (TPSA) is 81.4 Å². The molecule has 5 nitrogen and oxygen atoms in total. The Labute approximate surface area is 152 Å². The van der Waals surface area contributed by atoms with Crippen LogP contribution in [0.5, 0.6) is 0 Å². The van der Waals surface area contributed by atoms with Gasteiger partial charge >= 0.3 is 5.97 Å². The highest BCUT2D eigenvalue weighted by Gasteiger charge is 2.15. The molecule has 0 radical (unpaired) electrons. The number of ether oxygens (including phenoxy) is 1. The number of rotatable bonds is 5. The van der Waals surface area contributed by atoms with E-state index in [-0.39, 0.29) is 29.8 Å². The molecule has 0 aromatic heterocycles. The van der Waals surface area contributed by atoms with E-state index < -0.39 is 5.97 Å². The zero-order valence-electron chi connectivity index (χ0n) is 14.4. The van der Waals surface area contributed by atoms with Gasteiger partial charge in [0.15, 0.2) is 6.61 Å². The molecule has 132 valence electrons. The van der Waals surface area contributed by atoms with Crippen LogP contribution in [0.3, 0.4) is 0 Å². The fourth-order valence-electron chi connectivity index (χ4n) is 2.33. The molecule has 0 aliphatic carbocycles. The SMILES string of the molecule is Cc1ccc(C(C)NC(=O)COC(=O)c2ccc(Cl)cc2N)cc1C. The normalized spacial score (nSPS) is 11.7. The Morgan fingerprint density at radius 2 is 1.88 bits per heavy atom. The average Bonchev–Trinajstić information content (AvgIpc) is 2.55. The summed E-state index contributed by atoms with van der Waals surface area (Å²) in [7, 11) is 0. The molecule has 0 aliphatic rings. The molecule has 2 aromatic rings. The lowest BCUT2D eigenvalue weighted by atomic mass is 10.0. The second-order valence-electron chi connectivity index (χ2n) is 5.94. The monoisotopic (exact) mass is 360 g/mol. The minimum atomic E-state index is -0.664. The second kappa shape index (κ2) is 8.03. The van der Waals surface area contributed by atoms with E-state index in [9.17, 15) is 9.59 Å². The molecule has 0 heterocycles. The Kier molecular flexibility index (Phi) is 6.04. The van der Waals surface area contributed by atoms with Crippen LogP contribution in [0, 0.1) is 13.8 Å². The van der Waals surface area contributed by atoms with Crippen molar-refractivity contribution in [3.63, 3.8) is 0 Å². The molecule has 0 aliphatic heterocycles. The average molecular weight is 361 g/mol. The molecular weight excluding hydrogens is 340 g/mol. The summed E-state index contributed by atoms with van der Waals surface area (Å²) in [6.07, 6.45) is 0. The number of nitrogens with two attached hydrogens (primary N) is 1. The van der Waals surface area contributed by atoms with E-state index in [0.717, 1.165) is 11.1 Å². The molecule has 0 fully saturated rings. The number of carbonyl (C=O) groups excluding carboxylic acids is 2. The molecule has 1 unspecified atom stereocenters. The Balaban J connectivity index is 1.91. The first-order valence-electron chi connectivity index (χ1n) is 7.86. The maximum atomic E-state index is 12.0. The van der Waals surface area contributed by atoms with E-state index in [1.165, 1.54) is 23.8 Å². The van der Waals surface area contributed by atoms with Gasteiger partial charge in [0.25, 0.3) is 5.91 Å². The predicted octanol–water partition coefficient (Wildman–Crippen LogP) is 3.57. The number of hydrogen-bond donors (Lipinski definition) is 2. The zero-order valence-corrected chi connectivity index (χ0v) is 15.2. The van der Waals surface area contributed by atoms with Gasteiger partial charge in [-0.1, -0.05) is 29.8 Å². The van der Waals surface area contributed by atoms with Crippen molar-refractivity contribution < 1.29 is 14.3 Å². The lowest BCUT2D eigenvalue weighted by Gasteiger charge is -2.16. The summed E-state index contributed by atoms with van der Waals surface area (Å²) in [5.74, 6) is -1.05. The van der Waals surface area contributed by atoms with Crippen molar-refractivity contribution in [2.75, 3.05) is 12.3 Å². The van der Waals surface area contributed by atoms with E-state index >= 15 is 0 Å². The number of anilines is 1. The van der Waals surface area contributed by atoms with E-state index in [1.54, 1.807) is 0 Å². The van der Waals surface area contributed by atoms with Crippen molar-refractivity contribution in [2.24, 2.45) is 0 Å². The van der Waals surface area contributed by atoms with Crippen LogP contribution in [0.4, 0.5) is 5.69 Å². The van der Waals surface area contributed by atoms with Crippen molar-refractivity contribution >= 4 is 29.2 Å². The maximum absolute atomic E-state index is 12.0. The van der Waals surface area contributed by atoms with Crippen LogP contribution >= 0.6 is 11.6 Å². The molecule has 6 heteroatoms. The van der Waals surface area contributed by atoms with Gasteiger partial charge in [-0.15, -0.1) is 0 Å². The molecule has 0 saturated carbocycles. The van der Waals surface area contributed by atoms with Gasteiger partial charge in [0.2, 0.25) is 0 Å². The Morgan fingerprint density at radius 1 is 1.16 bits per heavy atom. The first kappa shape index (κ1) is 18.8. The number of nitrogen functional groups attached to an aromatic ring is 1. The number of amides is 1. The van der Waals surface area contributed by atoms with Gasteiger partial charge in [-0.05, 0) is 55.7 Å². The van der Waals surface area contributed by atoms with Gasteiger partial charge in [-0.3, -0.25) is 4.79 Å². The number of hydrogen-bond acceptors (Lipinski definition) is 4. The first-order valence-corrected chi connectivity index (χ1v) is 8.24. The van der Waals surface area contributed by atoms with Crippen molar-refractivity contribution in [3.05, 3.63) is 63.7 Å². The number of aryl methyl sites for hydroxylation is 2. The second-order valence-corrected chi connectivity index (χ2v) is 6.38. The number of benzene rings is 2. The fourth-order valence-corrected chi connectivity index (χ4v) is 2.51. The summed E-state index contributed by atoms with van der Waals surface area (Å²) >= 11 is 5.79. The molecule has 2 rings (SSSR count). The van der Waals surface area contributed by atoms with E-state index in [1.807, 2.05) is 39.0 Å². The lowest BCUT2D eigenvalue weighted by Crippen LogP contribution is -2.31. The Hall–Kier alpha value is -2.53. The first-order chi connectivity index (χ1) is 11.8. The quantitative estimate of drug-likeness (QED) is 0.630. The van der Waals surface area contributed by atoms with Crippen LogP contribution in [0.1, 0.15) is 40.0 Å². The molecule has 0 bridgehead atoms. The molecule has 0 spiro atoms. The summed E-state index contributed by atoms with van der Waals surface area (Å²) in [6.45, 7) is 5.55. The van der Waals surface area contributed by atoms with Crippen molar-refractivity contribution in [3.8, 4) is 0 Å². The molecule has 1 amide bonds. The minimum Gasteiger partial charge on any atom is -0.452 e. The largest absolute Gasteiger partial charge is 0.452 e. The minimum absolute atomic E-state index is 0.180. The molecule has 0 saturated heterocycles. The van der Waals surface area contributed by atoms with Gasteiger partial charge in [0, 0.05) is 10.7 Å². The van der Waals surface area contributed by atoms with Gasteiger partial charge in [-0.2, -0.15) is 0 Å². The number of carbonyl (C=O) groups is 2. The fraction of sp³-hybridized carbons (Fsp3) is 0.263.